The molecule has 0 radical (unpaired) electrons. The summed E-state index contributed by atoms with van der Waals surface area (Å²) in [6.07, 6.45) is 2.51. The van der Waals surface area contributed by atoms with E-state index >= 15 is 0 Å². The Balaban J connectivity index is 2.17. The molecule has 0 saturated carbocycles. The monoisotopic (exact) mass is 249 g/mol. The zero-order valence-electron chi connectivity index (χ0n) is 10.4. The molecular weight excluding hydrogens is 233 g/mol. The van der Waals surface area contributed by atoms with Gasteiger partial charge in [0, 0.05) is 11.8 Å². The van der Waals surface area contributed by atoms with E-state index in [0.29, 0.717) is 0 Å². The van der Waals surface area contributed by atoms with Gasteiger partial charge in [-0.1, -0.05) is 6.92 Å². The van der Waals surface area contributed by atoms with Gasteiger partial charge < -0.3 is 14.5 Å². The van der Waals surface area contributed by atoms with Crippen LogP contribution in [0.25, 0.3) is 0 Å². The second kappa shape index (κ2) is 5.58. The summed E-state index contributed by atoms with van der Waals surface area (Å²) in [7, 11) is 1.45. The van der Waals surface area contributed by atoms with Crippen LogP contribution < -0.4 is 10.1 Å². The molecule has 2 aromatic rings. The number of rotatable bonds is 5. The molecular formula is C14H16FNO2. The third kappa shape index (κ3) is 2.64. The number of halogens is 1. The first-order chi connectivity index (χ1) is 8.74. The van der Waals surface area contributed by atoms with Crippen LogP contribution in [0.5, 0.6) is 5.75 Å². The summed E-state index contributed by atoms with van der Waals surface area (Å²) in [4.78, 5) is 0. The maximum Gasteiger partial charge on any atom is 0.165 e. The van der Waals surface area contributed by atoms with Crippen LogP contribution in [0, 0.1) is 5.82 Å². The molecule has 1 unspecified atom stereocenters. The molecule has 1 aromatic heterocycles. The minimum absolute atomic E-state index is 0.0650. The molecule has 4 heteroatoms. The Morgan fingerprint density at radius 3 is 2.83 bits per heavy atom. The Morgan fingerprint density at radius 2 is 2.22 bits per heavy atom. The van der Waals surface area contributed by atoms with E-state index in [-0.39, 0.29) is 17.6 Å². The van der Waals surface area contributed by atoms with E-state index in [0.717, 1.165) is 17.9 Å². The van der Waals surface area contributed by atoms with Crippen molar-refractivity contribution < 1.29 is 13.5 Å². The van der Waals surface area contributed by atoms with Gasteiger partial charge in [0.1, 0.15) is 5.76 Å². The molecule has 1 heterocycles. The van der Waals surface area contributed by atoms with E-state index in [9.17, 15) is 4.39 Å². The first-order valence-electron chi connectivity index (χ1n) is 5.88. The highest BCUT2D eigenvalue weighted by Crippen LogP contribution is 2.26. The van der Waals surface area contributed by atoms with Gasteiger partial charge in [-0.15, -0.1) is 0 Å². The molecule has 1 aromatic carbocycles. The highest BCUT2D eigenvalue weighted by atomic mass is 19.1. The number of nitrogens with one attached hydrogen (secondary N) is 1. The van der Waals surface area contributed by atoms with Crippen LogP contribution in [0.2, 0.25) is 0 Å². The molecule has 0 fully saturated rings. The molecule has 0 aliphatic rings. The third-order valence-corrected chi connectivity index (χ3v) is 2.79. The van der Waals surface area contributed by atoms with E-state index in [4.69, 9.17) is 9.15 Å². The lowest BCUT2D eigenvalue weighted by Gasteiger charge is -2.16. The van der Waals surface area contributed by atoms with Gasteiger partial charge in [0.15, 0.2) is 11.6 Å². The Kier molecular flexibility index (Phi) is 3.87. The molecule has 0 bridgehead atoms. The van der Waals surface area contributed by atoms with Crippen molar-refractivity contribution in [3.63, 3.8) is 0 Å². The predicted octanol–water partition coefficient (Wildman–Crippen LogP) is 3.99. The van der Waals surface area contributed by atoms with Crippen LogP contribution in [-0.2, 0) is 0 Å². The summed E-state index contributed by atoms with van der Waals surface area (Å²) in [6, 6.07) is 8.54. The zero-order valence-corrected chi connectivity index (χ0v) is 10.4. The van der Waals surface area contributed by atoms with Gasteiger partial charge in [0.2, 0.25) is 0 Å². The highest BCUT2D eigenvalue weighted by Gasteiger charge is 2.12. The van der Waals surface area contributed by atoms with Gasteiger partial charge in [0.25, 0.3) is 0 Å². The number of furan rings is 1. The maximum absolute atomic E-state index is 13.3. The second-order valence-corrected chi connectivity index (χ2v) is 3.97. The lowest BCUT2D eigenvalue weighted by molar-refractivity contribution is 0.386. The molecule has 0 aliphatic carbocycles. The van der Waals surface area contributed by atoms with E-state index in [2.05, 4.69) is 12.2 Å². The molecule has 0 aliphatic heterocycles. The van der Waals surface area contributed by atoms with Crippen molar-refractivity contribution in [3.8, 4) is 5.75 Å². The molecule has 1 atom stereocenters. The molecule has 0 saturated heterocycles. The minimum atomic E-state index is -0.367. The van der Waals surface area contributed by atoms with E-state index in [1.54, 1.807) is 18.4 Å². The summed E-state index contributed by atoms with van der Waals surface area (Å²) < 4.78 is 23.6. The fraction of sp³-hybridized carbons (Fsp3) is 0.286. The minimum Gasteiger partial charge on any atom is -0.494 e. The number of hydrogen-bond acceptors (Lipinski definition) is 3. The SMILES string of the molecule is CCC(Nc1ccc(F)c(OC)c1)c1ccco1. The molecule has 0 spiro atoms. The average Bonchev–Trinajstić information content (AvgIpc) is 2.91. The predicted molar refractivity (Wildman–Crippen MR) is 68.3 cm³/mol. The van der Waals surface area contributed by atoms with Crippen molar-refractivity contribution in [2.75, 3.05) is 12.4 Å². The number of ether oxygens (including phenoxy) is 1. The third-order valence-electron chi connectivity index (χ3n) is 2.79. The van der Waals surface area contributed by atoms with Crippen LogP contribution in [-0.4, -0.2) is 7.11 Å². The van der Waals surface area contributed by atoms with Gasteiger partial charge in [-0.05, 0) is 30.7 Å². The molecule has 0 amide bonds. The van der Waals surface area contributed by atoms with Gasteiger partial charge in [-0.2, -0.15) is 0 Å². The van der Waals surface area contributed by atoms with Crippen molar-refractivity contribution in [2.45, 2.75) is 19.4 Å². The summed E-state index contributed by atoms with van der Waals surface area (Å²) in [5.41, 5.74) is 0.802. The van der Waals surface area contributed by atoms with Crippen molar-refractivity contribution in [3.05, 3.63) is 48.2 Å². The van der Waals surface area contributed by atoms with Crippen LogP contribution in [0.4, 0.5) is 10.1 Å². The van der Waals surface area contributed by atoms with Gasteiger partial charge in [-0.3, -0.25) is 0 Å². The van der Waals surface area contributed by atoms with Gasteiger partial charge in [0.05, 0.1) is 19.4 Å². The number of anilines is 1. The van der Waals surface area contributed by atoms with E-state index in [1.807, 2.05) is 12.1 Å². The largest absolute Gasteiger partial charge is 0.494 e. The normalized spacial score (nSPS) is 12.2. The number of hydrogen-bond donors (Lipinski definition) is 1. The molecule has 2 rings (SSSR count). The standard InChI is InChI=1S/C14H16FNO2/c1-3-12(13-5-4-8-18-13)16-10-6-7-11(15)14(9-10)17-2/h4-9,12,16H,3H2,1-2H3. The van der Waals surface area contributed by atoms with Crippen molar-refractivity contribution >= 4 is 5.69 Å². The summed E-state index contributed by atoms with van der Waals surface area (Å²) >= 11 is 0. The van der Waals surface area contributed by atoms with Gasteiger partial charge >= 0.3 is 0 Å². The van der Waals surface area contributed by atoms with E-state index in [1.165, 1.54) is 13.2 Å². The Bertz CT molecular complexity index is 497. The highest BCUT2D eigenvalue weighted by molar-refractivity contribution is 5.50. The van der Waals surface area contributed by atoms with Crippen LogP contribution in [0.3, 0.4) is 0 Å². The first-order valence-corrected chi connectivity index (χ1v) is 5.88. The summed E-state index contributed by atoms with van der Waals surface area (Å²) in [5, 5.41) is 3.29. The van der Waals surface area contributed by atoms with Crippen molar-refractivity contribution in [1.82, 2.24) is 0 Å². The summed E-state index contributed by atoms with van der Waals surface area (Å²) in [5.74, 6) is 0.726. The van der Waals surface area contributed by atoms with Crippen LogP contribution >= 0.6 is 0 Å². The lowest BCUT2D eigenvalue weighted by atomic mass is 10.1. The van der Waals surface area contributed by atoms with Crippen LogP contribution in [0.1, 0.15) is 25.1 Å². The Labute approximate surface area is 106 Å². The number of methoxy groups -OCH3 is 1. The zero-order chi connectivity index (χ0) is 13.0. The fourth-order valence-electron chi connectivity index (χ4n) is 1.81. The van der Waals surface area contributed by atoms with Crippen LogP contribution in [0.15, 0.2) is 41.0 Å². The fourth-order valence-corrected chi connectivity index (χ4v) is 1.81. The average molecular weight is 249 g/mol. The molecule has 1 N–H and O–H groups in total. The Morgan fingerprint density at radius 1 is 1.39 bits per heavy atom. The van der Waals surface area contributed by atoms with Crippen molar-refractivity contribution in [2.24, 2.45) is 0 Å². The Hall–Kier alpha value is -1.97. The smallest absolute Gasteiger partial charge is 0.165 e. The number of benzene rings is 1. The van der Waals surface area contributed by atoms with E-state index < -0.39 is 0 Å². The topological polar surface area (TPSA) is 34.4 Å². The summed E-state index contributed by atoms with van der Waals surface area (Å²) in [6.45, 7) is 2.06. The quantitative estimate of drug-likeness (QED) is 0.870. The first kappa shape index (κ1) is 12.5. The second-order valence-electron chi connectivity index (χ2n) is 3.97. The van der Waals surface area contributed by atoms with Gasteiger partial charge in [-0.25, -0.2) is 4.39 Å². The molecule has 3 nitrogen and oxygen atoms in total. The van der Waals surface area contributed by atoms with Crippen molar-refractivity contribution in [1.29, 1.82) is 0 Å². The molecule has 96 valence electrons. The maximum atomic E-state index is 13.3. The lowest BCUT2D eigenvalue weighted by Crippen LogP contribution is -2.08. The molecule has 18 heavy (non-hydrogen) atoms.